The van der Waals surface area contributed by atoms with E-state index in [1.807, 2.05) is 0 Å². The smallest absolute Gasteiger partial charge is 0.0981 e. The fraction of sp³-hybridized carbons (Fsp3) is 0.971. The number of rotatable bonds is 29. The summed E-state index contributed by atoms with van der Waals surface area (Å²) in [6, 6.07) is 0. The van der Waals surface area contributed by atoms with Crippen LogP contribution in [-0.2, 0) is 0 Å². The number of hydrogen-bond acceptors (Lipinski definition) is 2. The van der Waals surface area contributed by atoms with Crippen LogP contribution in [0.2, 0.25) is 0 Å². The van der Waals surface area contributed by atoms with Crippen LogP contribution in [0.3, 0.4) is 0 Å². The normalized spacial score (nSPS) is 12.7. The molecule has 0 aliphatic carbocycles. The van der Waals surface area contributed by atoms with Gasteiger partial charge in [0, 0.05) is 19.0 Å². The lowest BCUT2D eigenvalue weighted by molar-refractivity contribution is 0.295. The molecule has 3 N–H and O–H groups in total. The molecule has 0 fully saturated rings. The lowest BCUT2D eigenvalue weighted by Gasteiger charge is -2.32. The first-order valence-electron chi connectivity index (χ1n) is 17.5. The van der Waals surface area contributed by atoms with Crippen molar-refractivity contribution in [2.75, 3.05) is 19.6 Å². The molecule has 0 saturated heterocycles. The van der Waals surface area contributed by atoms with Crippen LogP contribution in [0.1, 0.15) is 189 Å². The van der Waals surface area contributed by atoms with E-state index < -0.39 is 0 Å². The van der Waals surface area contributed by atoms with Crippen LogP contribution in [0.15, 0.2) is 0 Å². The Morgan fingerprint density at radius 1 is 0.500 bits per heavy atom. The van der Waals surface area contributed by atoms with Crippen molar-refractivity contribution >= 4 is 5.84 Å². The van der Waals surface area contributed by atoms with Gasteiger partial charge in [0.1, 0.15) is 0 Å². The van der Waals surface area contributed by atoms with Crippen molar-refractivity contribution in [2.45, 2.75) is 189 Å². The van der Waals surface area contributed by atoms with Gasteiger partial charge in [-0.2, -0.15) is 0 Å². The predicted octanol–water partition coefficient (Wildman–Crippen LogP) is 11.2. The topological polar surface area (TPSA) is 47.9 Å². The monoisotopic (exact) mass is 536 g/mol. The zero-order chi connectivity index (χ0) is 28.2. The highest BCUT2D eigenvalue weighted by molar-refractivity contribution is 5.82. The highest BCUT2D eigenvalue weighted by Crippen LogP contribution is 2.26. The summed E-state index contributed by atoms with van der Waals surface area (Å²) in [5.74, 6) is 1.000. The molecule has 1 atom stereocenters. The molecule has 0 radical (unpaired) electrons. The summed E-state index contributed by atoms with van der Waals surface area (Å²) in [5.41, 5.74) is 0.115. The first-order valence-corrected chi connectivity index (χ1v) is 17.5. The Hall–Kier alpha value is -0.570. The van der Waals surface area contributed by atoms with Gasteiger partial charge in [-0.25, -0.2) is 0 Å². The molecule has 228 valence electrons. The minimum absolute atomic E-state index is 0.115. The minimum atomic E-state index is 0.115. The van der Waals surface area contributed by atoms with Crippen molar-refractivity contribution in [3.63, 3.8) is 0 Å². The number of nitrogens with one attached hydrogen (secondary N) is 3. The molecule has 38 heavy (non-hydrogen) atoms. The highest BCUT2D eigenvalue weighted by Gasteiger charge is 2.28. The molecular formula is C35H73N3. The van der Waals surface area contributed by atoms with Gasteiger partial charge in [0.05, 0.1) is 5.84 Å². The van der Waals surface area contributed by atoms with Crippen molar-refractivity contribution in [2.24, 2.45) is 11.3 Å². The van der Waals surface area contributed by atoms with E-state index in [2.05, 4.69) is 45.3 Å². The summed E-state index contributed by atoms with van der Waals surface area (Å²) in [6.45, 7) is 14.4. The molecular weight excluding hydrogens is 462 g/mol. The van der Waals surface area contributed by atoms with E-state index in [9.17, 15) is 0 Å². The summed E-state index contributed by atoms with van der Waals surface area (Å²) in [7, 11) is 0. The van der Waals surface area contributed by atoms with Crippen LogP contribution in [-0.4, -0.2) is 25.5 Å². The minimum Gasteiger partial charge on any atom is -0.374 e. The Morgan fingerprint density at radius 2 is 0.816 bits per heavy atom. The third kappa shape index (κ3) is 25.7. The van der Waals surface area contributed by atoms with Gasteiger partial charge in [0.2, 0.25) is 0 Å². The fourth-order valence-electron chi connectivity index (χ4n) is 5.49. The summed E-state index contributed by atoms with van der Waals surface area (Å²) < 4.78 is 0. The highest BCUT2D eigenvalue weighted by atomic mass is 15.0. The molecule has 3 nitrogen and oxygen atoms in total. The first-order chi connectivity index (χ1) is 18.4. The first kappa shape index (κ1) is 37.4. The molecule has 0 bridgehead atoms. The molecule has 0 saturated carbocycles. The number of amidine groups is 1. The van der Waals surface area contributed by atoms with Gasteiger partial charge in [-0.1, -0.05) is 176 Å². The number of hydrogen-bond donors (Lipinski definition) is 3. The second-order valence-corrected chi connectivity index (χ2v) is 13.2. The molecule has 0 aliphatic rings. The van der Waals surface area contributed by atoms with Crippen LogP contribution < -0.4 is 10.6 Å². The Morgan fingerprint density at radius 3 is 1.16 bits per heavy atom. The molecule has 0 amide bonds. The summed E-state index contributed by atoms with van der Waals surface area (Å²) >= 11 is 0. The van der Waals surface area contributed by atoms with Gasteiger partial charge >= 0.3 is 0 Å². The van der Waals surface area contributed by atoms with Gasteiger partial charge in [-0.05, 0) is 24.8 Å². The molecule has 0 aromatic heterocycles. The fourth-order valence-corrected chi connectivity index (χ4v) is 5.49. The van der Waals surface area contributed by atoms with Gasteiger partial charge in [-0.3, -0.25) is 5.41 Å². The van der Waals surface area contributed by atoms with Crippen LogP contribution in [0.25, 0.3) is 0 Å². The molecule has 0 spiro atoms. The second kappa shape index (κ2) is 28.0. The molecule has 0 aromatic rings. The maximum absolute atomic E-state index is 8.68. The van der Waals surface area contributed by atoms with Crippen LogP contribution in [0, 0.1) is 16.7 Å². The van der Waals surface area contributed by atoms with Gasteiger partial charge in [0.15, 0.2) is 0 Å². The van der Waals surface area contributed by atoms with Crippen LogP contribution in [0.4, 0.5) is 0 Å². The molecule has 0 aliphatic heterocycles. The zero-order valence-corrected chi connectivity index (χ0v) is 27.2. The largest absolute Gasteiger partial charge is 0.374 e. The van der Waals surface area contributed by atoms with Crippen molar-refractivity contribution in [3.05, 3.63) is 0 Å². The quantitative estimate of drug-likeness (QED) is 0.0506. The lowest BCUT2D eigenvalue weighted by Crippen LogP contribution is -2.43. The Labute approximate surface area is 241 Å². The molecule has 0 aromatic carbocycles. The van der Waals surface area contributed by atoms with E-state index in [1.165, 1.54) is 154 Å². The lowest BCUT2D eigenvalue weighted by atomic mass is 9.79. The van der Waals surface area contributed by atoms with Crippen molar-refractivity contribution in [3.8, 4) is 0 Å². The third-order valence-corrected chi connectivity index (χ3v) is 8.30. The van der Waals surface area contributed by atoms with E-state index in [0.717, 1.165) is 25.5 Å². The zero-order valence-electron chi connectivity index (χ0n) is 27.2. The Balaban J connectivity index is 3.68. The van der Waals surface area contributed by atoms with Gasteiger partial charge < -0.3 is 10.6 Å². The summed E-state index contributed by atoms with van der Waals surface area (Å²) in [6.07, 6.45) is 33.4. The average Bonchev–Trinajstić information content (AvgIpc) is 2.88. The standard InChI is InChI=1S/C35H73N3/c1-6-8-10-12-14-16-18-20-22-24-26-28-30-37-32-33(35(3,4)5)34(36)38-31-29-27-25-23-21-19-17-15-13-11-9-7-2/h33,37H,6-32H2,1-5H3,(H2,36,38). The van der Waals surface area contributed by atoms with Gasteiger partial charge in [-0.15, -0.1) is 0 Å². The number of unbranched alkanes of at least 4 members (excludes halogenated alkanes) is 22. The van der Waals surface area contributed by atoms with Crippen LogP contribution in [0.5, 0.6) is 0 Å². The average molecular weight is 536 g/mol. The van der Waals surface area contributed by atoms with E-state index in [0.29, 0.717) is 0 Å². The molecule has 0 rings (SSSR count). The van der Waals surface area contributed by atoms with Crippen molar-refractivity contribution in [1.82, 2.24) is 10.6 Å². The summed E-state index contributed by atoms with van der Waals surface area (Å²) in [5, 5.41) is 15.8. The van der Waals surface area contributed by atoms with E-state index in [-0.39, 0.29) is 11.3 Å². The maximum atomic E-state index is 8.68. The van der Waals surface area contributed by atoms with Crippen molar-refractivity contribution in [1.29, 1.82) is 5.41 Å². The van der Waals surface area contributed by atoms with E-state index in [4.69, 9.17) is 5.41 Å². The molecule has 0 heterocycles. The predicted molar refractivity (Wildman–Crippen MR) is 174 cm³/mol. The van der Waals surface area contributed by atoms with Crippen molar-refractivity contribution < 1.29 is 0 Å². The van der Waals surface area contributed by atoms with Gasteiger partial charge in [0.25, 0.3) is 0 Å². The molecule has 1 unspecified atom stereocenters. The Kier molecular flexibility index (Phi) is 27.6. The van der Waals surface area contributed by atoms with Crippen LogP contribution >= 0.6 is 0 Å². The third-order valence-electron chi connectivity index (χ3n) is 8.30. The second-order valence-electron chi connectivity index (χ2n) is 13.2. The maximum Gasteiger partial charge on any atom is 0.0981 e. The summed E-state index contributed by atoms with van der Waals surface area (Å²) in [4.78, 5) is 0. The molecule has 3 heteroatoms. The van der Waals surface area contributed by atoms with E-state index >= 15 is 0 Å². The Bertz CT molecular complexity index is 482. The van der Waals surface area contributed by atoms with E-state index in [1.54, 1.807) is 0 Å². The SMILES string of the molecule is CCCCCCCCCCCCCCNCC(C(=N)NCCCCCCCCCCCCCC)C(C)(C)C.